The van der Waals surface area contributed by atoms with Gasteiger partial charge in [-0.25, -0.2) is 0 Å². The maximum absolute atomic E-state index is 5.32. The topological polar surface area (TPSA) is 25.2 Å². The Balaban J connectivity index is 2.64. The molecule has 0 bridgehead atoms. The molecule has 0 aliphatic rings. The van der Waals surface area contributed by atoms with Crippen LogP contribution in [0.1, 0.15) is 33.3 Å². The molecule has 1 aromatic rings. The van der Waals surface area contributed by atoms with Gasteiger partial charge in [-0.3, -0.25) is 0 Å². The Morgan fingerprint density at radius 1 is 1.42 bits per heavy atom. The maximum Gasteiger partial charge on any atom is 0.193 e. The van der Waals surface area contributed by atoms with Gasteiger partial charge in [0.1, 0.15) is 0 Å². The van der Waals surface area contributed by atoms with E-state index >= 15 is 0 Å². The minimum Gasteiger partial charge on any atom is -0.449 e. The van der Waals surface area contributed by atoms with Crippen molar-refractivity contribution < 1.29 is 4.42 Å². The molecule has 0 unspecified atom stereocenters. The zero-order valence-corrected chi connectivity index (χ0v) is 8.27. The summed E-state index contributed by atoms with van der Waals surface area (Å²) in [5.74, 6) is 0.861. The highest BCUT2D eigenvalue weighted by atomic mass is 16.3. The highest BCUT2D eigenvalue weighted by Crippen LogP contribution is 2.17. The van der Waals surface area contributed by atoms with Gasteiger partial charge in [0.15, 0.2) is 5.88 Å². The number of nitrogens with one attached hydrogen (secondary N) is 1. The van der Waals surface area contributed by atoms with Crippen LogP contribution >= 0.6 is 0 Å². The predicted octanol–water partition coefficient (Wildman–Crippen LogP) is 3.05. The van der Waals surface area contributed by atoms with E-state index in [1.807, 2.05) is 6.07 Å². The first-order valence-corrected chi connectivity index (χ1v) is 4.37. The quantitative estimate of drug-likeness (QED) is 0.732. The highest BCUT2D eigenvalue weighted by molar-refractivity contribution is 5.36. The number of hydrogen-bond acceptors (Lipinski definition) is 2. The van der Waals surface area contributed by atoms with E-state index in [9.17, 15) is 0 Å². The van der Waals surface area contributed by atoms with Crippen LogP contribution in [0.3, 0.4) is 0 Å². The zero-order chi connectivity index (χ0) is 9.19. The Labute approximate surface area is 74.0 Å². The van der Waals surface area contributed by atoms with Crippen molar-refractivity contribution in [3.05, 3.63) is 17.9 Å². The fraction of sp³-hybridized carbons (Fsp3) is 0.600. The molecule has 1 heterocycles. The van der Waals surface area contributed by atoms with E-state index in [0.29, 0.717) is 0 Å². The normalized spacial score (nSPS) is 11.7. The standard InChI is InChI=1S/C10H17NO/c1-5-8-6-9(12-7-8)11-10(2,3)4/h6-7,11H,5H2,1-4H3. The van der Waals surface area contributed by atoms with Gasteiger partial charge in [0, 0.05) is 11.6 Å². The zero-order valence-electron chi connectivity index (χ0n) is 8.27. The van der Waals surface area contributed by atoms with Gasteiger partial charge in [-0.05, 0) is 32.8 Å². The second-order valence-corrected chi connectivity index (χ2v) is 4.05. The van der Waals surface area contributed by atoms with Crippen molar-refractivity contribution >= 4 is 5.88 Å². The lowest BCUT2D eigenvalue weighted by molar-refractivity contribution is 0.537. The first-order valence-electron chi connectivity index (χ1n) is 4.37. The van der Waals surface area contributed by atoms with Crippen molar-refractivity contribution in [2.75, 3.05) is 5.32 Å². The first kappa shape index (κ1) is 9.17. The van der Waals surface area contributed by atoms with E-state index in [2.05, 4.69) is 33.0 Å². The number of aryl methyl sites for hydroxylation is 1. The number of furan rings is 1. The summed E-state index contributed by atoms with van der Waals surface area (Å²) in [6.07, 6.45) is 2.82. The fourth-order valence-corrected chi connectivity index (χ4v) is 0.996. The SMILES string of the molecule is CCc1coc(NC(C)(C)C)c1. The molecule has 0 aliphatic carbocycles. The second kappa shape index (κ2) is 3.21. The van der Waals surface area contributed by atoms with Gasteiger partial charge >= 0.3 is 0 Å². The lowest BCUT2D eigenvalue weighted by Gasteiger charge is -2.19. The first-order chi connectivity index (χ1) is 5.51. The van der Waals surface area contributed by atoms with Gasteiger partial charge in [0.05, 0.1) is 6.26 Å². The van der Waals surface area contributed by atoms with Crippen LogP contribution in [-0.2, 0) is 6.42 Å². The van der Waals surface area contributed by atoms with Crippen LogP contribution in [0.15, 0.2) is 16.7 Å². The molecule has 12 heavy (non-hydrogen) atoms. The van der Waals surface area contributed by atoms with Gasteiger partial charge in [-0.15, -0.1) is 0 Å². The average Bonchev–Trinajstić information content (AvgIpc) is 2.32. The van der Waals surface area contributed by atoms with Crippen molar-refractivity contribution in [1.29, 1.82) is 0 Å². The predicted molar refractivity (Wildman–Crippen MR) is 51.5 cm³/mol. The minimum atomic E-state index is 0.0723. The average molecular weight is 167 g/mol. The van der Waals surface area contributed by atoms with Crippen LogP contribution in [0.2, 0.25) is 0 Å². The van der Waals surface area contributed by atoms with Crippen molar-refractivity contribution in [2.24, 2.45) is 0 Å². The van der Waals surface area contributed by atoms with Crippen molar-refractivity contribution in [3.8, 4) is 0 Å². The highest BCUT2D eigenvalue weighted by Gasteiger charge is 2.11. The van der Waals surface area contributed by atoms with Gasteiger partial charge in [0.25, 0.3) is 0 Å². The fourth-order valence-electron chi connectivity index (χ4n) is 0.996. The van der Waals surface area contributed by atoms with E-state index in [-0.39, 0.29) is 5.54 Å². The monoisotopic (exact) mass is 167 g/mol. The molecule has 68 valence electrons. The Kier molecular flexibility index (Phi) is 2.46. The molecule has 2 nitrogen and oxygen atoms in total. The molecule has 0 aliphatic heterocycles. The van der Waals surface area contributed by atoms with Crippen LogP contribution in [0.25, 0.3) is 0 Å². The van der Waals surface area contributed by atoms with E-state index in [4.69, 9.17) is 4.42 Å². The Morgan fingerprint density at radius 2 is 2.08 bits per heavy atom. The van der Waals surface area contributed by atoms with Crippen molar-refractivity contribution in [3.63, 3.8) is 0 Å². The summed E-state index contributed by atoms with van der Waals surface area (Å²) >= 11 is 0. The third-order valence-electron chi connectivity index (χ3n) is 1.56. The van der Waals surface area contributed by atoms with E-state index in [1.165, 1.54) is 5.56 Å². The molecular formula is C10H17NO. The summed E-state index contributed by atoms with van der Waals surface area (Å²) in [5, 5.41) is 3.27. The third-order valence-corrected chi connectivity index (χ3v) is 1.56. The molecule has 2 heteroatoms. The van der Waals surface area contributed by atoms with Crippen LogP contribution in [0, 0.1) is 0 Å². The molecule has 0 spiro atoms. The molecule has 0 amide bonds. The van der Waals surface area contributed by atoms with Crippen molar-refractivity contribution in [2.45, 2.75) is 39.7 Å². The van der Waals surface area contributed by atoms with E-state index in [1.54, 1.807) is 6.26 Å². The number of rotatable bonds is 2. The Bertz CT molecular complexity index is 245. The van der Waals surface area contributed by atoms with Crippen LogP contribution in [0.5, 0.6) is 0 Å². The van der Waals surface area contributed by atoms with Gasteiger partial charge < -0.3 is 9.73 Å². The van der Waals surface area contributed by atoms with E-state index < -0.39 is 0 Å². The van der Waals surface area contributed by atoms with Crippen LogP contribution in [-0.4, -0.2) is 5.54 Å². The number of anilines is 1. The maximum atomic E-state index is 5.32. The molecule has 0 fully saturated rings. The molecule has 0 saturated carbocycles. The molecule has 1 aromatic heterocycles. The summed E-state index contributed by atoms with van der Waals surface area (Å²) in [5.41, 5.74) is 1.31. The molecule has 1 N–H and O–H groups in total. The summed E-state index contributed by atoms with van der Waals surface area (Å²) < 4.78 is 5.32. The third kappa shape index (κ3) is 2.61. The molecule has 1 rings (SSSR count). The second-order valence-electron chi connectivity index (χ2n) is 4.05. The lowest BCUT2D eigenvalue weighted by atomic mass is 10.1. The molecule has 0 aromatic carbocycles. The van der Waals surface area contributed by atoms with Crippen LogP contribution < -0.4 is 5.32 Å². The summed E-state index contributed by atoms with van der Waals surface area (Å²) in [4.78, 5) is 0. The number of hydrogen-bond donors (Lipinski definition) is 1. The molecular weight excluding hydrogens is 150 g/mol. The van der Waals surface area contributed by atoms with Gasteiger partial charge in [-0.2, -0.15) is 0 Å². The lowest BCUT2D eigenvalue weighted by Crippen LogP contribution is -2.25. The van der Waals surface area contributed by atoms with Gasteiger partial charge in [-0.1, -0.05) is 6.92 Å². The summed E-state index contributed by atoms with van der Waals surface area (Å²) in [6, 6.07) is 2.05. The summed E-state index contributed by atoms with van der Waals surface area (Å²) in [6.45, 7) is 8.45. The summed E-state index contributed by atoms with van der Waals surface area (Å²) in [7, 11) is 0. The van der Waals surface area contributed by atoms with E-state index in [0.717, 1.165) is 12.3 Å². The van der Waals surface area contributed by atoms with Gasteiger partial charge in [0.2, 0.25) is 0 Å². The molecule has 0 radical (unpaired) electrons. The largest absolute Gasteiger partial charge is 0.449 e. The molecule has 0 atom stereocenters. The van der Waals surface area contributed by atoms with Crippen LogP contribution in [0.4, 0.5) is 5.88 Å². The molecule has 0 saturated heterocycles. The van der Waals surface area contributed by atoms with Crippen molar-refractivity contribution in [1.82, 2.24) is 0 Å². The Morgan fingerprint density at radius 3 is 2.50 bits per heavy atom. The minimum absolute atomic E-state index is 0.0723. The Hall–Kier alpha value is -0.920. The smallest absolute Gasteiger partial charge is 0.193 e.